The molecule has 0 saturated heterocycles. The van der Waals surface area contributed by atoms with E-state index in [2.05, 4.69) is 27.4 Å². The Balaban J connectivity index is 2.12. The Hall–Kier alpha value is 0.470. The molecule has 0 amide bonds. The molecule has 0 unspecified atom stereocenters. The maximum absolute atomic E-state index is 6.12. The van der Waals surface area contributed by atoms with Crippen molar-refractivity contribution < 1.29 is 0 Å². The minimum atomic E-state index is 0.394. The molecule has 1 saturated carbocycles. The molecule has 3 heteroatoms. The highest BCUT2D eigenvalue weighted by atomic mass is 79.9. The van der Waals surface area contributed by atoms with Crippen molar-refractivity contribution in [3.05, 3.63) is 20.8 Å². The fraction of sp³-hybridized carbons (Fsp3) is 0.636. The second-order valence-electron chi connectivity index (χ2n) is 4.24. The Morgan fingerprint density at radius 2 is 2.14 bits per heavy atom. The van der Waals surface area contributed by atoms with Crippen molar-refractivity contribution in [3.63, 3.8) is 0 Å². The molecule has 2 rings (SSSR count). The zero-order valence-corrected chi connectivity index (χ0v) is 11.2. The number of thiophene rings is 1. The summed E-state index contributed by atoms with van der Waals surface area (Å²) < 4.78 is 1.29. The van der Waals surface area contributed by atoms with E-state index in [9.17, 15) is 0 Å². The largest absolute Gasteiger partial charge is 0.137 e. The average Bonchev–Trinajstić information content (AvgIpc) is 2.79. The maximum Gasteiger partial charge on any atom is 0.0730 e. The van der Waals surface area contributed by atoms with Crippen molar-refractivity contribution >= 4 is 38.9 Å². The summed E-state index contributed by atoms with van der Waals surface area (Å²) in [4.78, 5) is 0. The van der Waals surface area contributed by atoms with Crippen LogP contribution in [0.2, 0.25) is 0 Å². The van der Waals surface area contributed by atoms with E-state index in [0.29, 0.717) is 5.41 Å². The van der Waals surface area contributed by atoms with Crippen LogP contribution >= 0.6 is 38.9 Å². The van der Waals surface area contributed by atoms with Crippen LogP contribution in [0.15, 0.2) is 15.2 Å². The van der Waals surface area contributed by atoms with Crippen molar-refractivity contribution in [1.82, 2.24) is 0 Å². The third kappa shape index (κ3) is 2.17. The van der Waals surface area contributed by atoms with Crippen molar-refractivity contribution in [2.24, 2.45) is 5.41 Å². The van der Waals surface area contributed by atoms with Crippen LogP contribution in [-0.2, 0) is 6.42 Å². The molecule has 0 aliphatic heterocycles. The Morgan fingerprint density at radius 3 is 2.64 bits per heavy atom. The molecule has 1 heterocycles. The number of hydrogen-bond donors (Lipinski definition) is 0. The fourth-order valence-corrected chi connectivity index (χ4v) is 3.93. The summed E-state index contributed by atoms with van der Waals surface area (Å²) in [5.74, 6) is 0.815. The van der Waals surface area contributed by atoms with Gasteiger partial charge in [-0.05, 0) is 57.6 Å². The van der Waals surface area contributed by atoms with Gasteiger partial charge in [-0.25, -0.2) is 0 Å². The summed E-state index contributed by atoms with van der Waals surface area (Å²) in [5.41, 5.74) is 1.84. The van der Waals surface area contributed by atoms with Gasteiger partial charge in [-0.2, -0.15) is 0 Å². The Morgan fingerprint density at radius 1 is 1.43 bits per heavy atom. The first-order chi connectivity index (χ1) is 6.76. The molecule has 1 fully saturated rings. The summed E-state index contributed by atoms with van der Waals surface area (Å²) in [5, 5.41) is 2.15. The molecule has 0 N–H and O–H groups in total. The first kappa shape index (κ1) is 11.0. The monoisotopic (exact) mass is 292 g/mol. The van der Waals surface area contributed by atoms with E-state index in [0.717, 1.165) is 12.3 Å². The molecular weight excluding hydrogens is 280 g/mol. The first-order valence-corrected chi connectivity index (χ1v) is 7.24. The number of hydrogen-bond acceptors (Lipinski definition) is 1. The van der Waals surface area contributed by atoms with Crippen molar-refractivity contribution in [2.45, 2.75) is 32.1 Å². The molecule has 0 nitrogen and oxygen atoms in total. The van der Waals surface area contributed by atoms with Gasteiger partial charge in [0.1, 0.15) is 0 Å². The van der Waals surface area contributed by atoms with Crippen molar-refractivity contribution in [1.29, 1.82) is 0 Å². The van der Waals surface area contributed by atoms with Gasteiger partial charge < -0.3 is 0 Å². The van der Waals surface area contributed by atoms with Gasteiger partial charge in [0.05, 0.1) is 3.79 Å². The summed E-state index contributed by atoms with van der Waals surface area (Å²) in [6.07, 6.45) is 6.47. The van der Waals surface area contributed by atoms with Gasteiger partial charge in [-0.15, -0.1) is 22.9 Å². The van der Waals surface area contributed by atoms with Crippen LogP contribution in [0.5, 0.6) is 0 Å². The highest BCUT2D eigenvalue weighted by molar-refractivity contribution is 9.11. The van der Waals surface area contributed by atoms with Gasteiger partial charge in [-0.3, -0.25) is 0 Å². The highest BCUT2D eigenvalue weighted by Gasteiger charge is 2.33. The zero-order valence-electron chi connectivity index (χ0n) is 8.06. The van der Waals surface area contributed by atoms with Gasteiger partial charge >= 0.3 is 0 Å². The molecule has 1 aromatic heterocycles. The summed E-state index contributed by atoms with van der Waals surface area (Å²) in [7, 11) is 0. The lowest BCUT2D eigenvalue weighted by atomic mass is 9.83. The van der Waals surface area contributed by atoms with Crippen LogP contribution in [0, 0.1) is 5.41 Å². The molecule has 0 atom stereocenters. The Bertz CT molecular complexity index is 302. The molecule has 1 aliphatic rings. The van der Waals surface area contributed by atoms with E-state index < -0.39 is 0 Å². The molecule has 0 bridgehead atoms. The van der Waals surface area contributed by atoms with Gasteiger partial charge in [0.15, 0.2) is 0 Å². The van der Waals surface area contributed by atoms with Crippen molar-refractivity contribution in [3.8, 4) is 0 Å². The average molecular weight is 294 g/mol. The third-order valence-corrected chi connectivity index (χ3v) is 5.58. The van der Waals surface area contributed by atoms with E-state index >= 15 is 0 Å². The minimum absolute atomic E-state index is 0.394. The van der Waals surface area contributed by atoms with E-state index in [1.807, 2.05) is 0 Å². The van der Waals surface area contributed by atoms with Crippen LogP contribution in [-0.4, -0.2) is 5.88 Å². The summed E-state index contributed by atoms with van der Waals surface area (Å²) in [6, 6.07) is 2.22. The van der Waals surface area contributed by atoms with Crippen LogP contribution in [0.1, 0.15) is 31.2 Å². The zero-order chi connectivity index (χ0) is 10.0. The van der Waals surface area contributed by atoms with E-state index in [1.54, 1.807) is 11.3 Å². The van der Waals surface area contributed by atoms with E-state index in [1.165, 1.54) is 35.0 Å². The topological polar surface area (TPSA) is 0 Å². The second kappa shape index (κ2) is 4.54. The van der Waals surface area contributed by atoms with Gasteiger partial charge in [0.2, 0.25) is 0 Å². The molecule has 14 heavy (non-hydrogen) atoms. The molecular formula is C11H14BrClS. The van der Waals surface area contributed by atoms with Gasteiger partial charge in [-0.1, -0.05) is 12.8 Å². The number of alkyl halides is 1. The SMILES string of the molecule is ClCC1(Cc2ccsc2Br)CCCC1. The first-order valence-electron chi connectivity index (χ1n) is 5.04. The van der Waals surface area contributed by atoms with Gasteiger partial charge in [0.25, 0.3) is 0 Å². The molecule has 78 valence electrons. The van der Waals surface area contributed by atoms with Crippen LogP contribution < -0.4 is 0 Å². The summed E-state index contributed by atoms with van der Waals surface area (Å²) in [6.45, 7) is 0. The predicted octanol–water partition coefficient (Wildman–Crippen LogP) is 4.85. The van der Waals surface area contributed by atoms with Crippen molar-refractivity contribution in [2.75, 3.05) is 5.88 Å². The number of halogens is 2. The molecule has 1 aromatic rings. The van der Waals surface area contributed by atoms with Crippen LogP contribution in [0.25, 0.3) is 0 Å². The van der Waals surface area contributed by atoms with Crippen LogP contribution in [0.4, 0.5) is 0 Å². The second-order valence-corrected chi connectivity index (χ2v) is 6.74. The fourth-order valence-electron chi connectivity index (χ4n) is 2.33. The molecule has 0 aromatic carbocycles. The Labute approximate surface area is 103 Å². The number of rotatable bonds is 3. The lowest BCUT2D eigenvalue weighted by molar-refractivity contribution is 0.341. The van der Waals surface area contributed by atoms with Gasteiger partial charge in [0, 0.05) is 5.88 Å². The normalized spacial score (nSPS) is 20.1. The standard InChI is InChI=1S/C11H14BrClS/c12-10-9(3-6-14-10)7-11(8-13)4-1-2-5-11/h3,6H,1-2,4-5,7-8H2. The maximum atomic E-state index is 6.12. The van der Waals surface area contributed by atoms with E-state index in [4.69, 9.17) is 11.6 Å². The highest BCUT2D eigenvalue weighted by Crippen LogP contribution is 2.43. The Kier molecular flexibility index (Phi) is 3.56. The van der Waals surface area contributed by atoms with Crippen LogP contribution in [0.3, 0.4) is 0 Å². The molecule has 0 spiro atoms. The van der Waals surface area contributed by atoms with E-state index in [-0.39, 0.29) is 0 Å². The smallest absolute Gasteiger partial charge is 0.0730 e. The molecule has 1 aliphatic carbocycles. The molecule has 0 radical (unpaired) electrons. The lowest BCUT2D eigenvalue weighted by Gasteiger charge is -2.25. The predicted molar refractivity (Wildman–Crippen MR) is 67.3 cm³/mol. The summed E-state index contributed by atoms with van der Waals surface area (Å²) >= 11 is 11.5. The lowest BCUT2D eigenvalue weighted by Crippen LogP contribution is -2.21. The third-order valence-electron chi connectivity index (χ3n) is 3.21. The quantitative estimate of drug-likeness (QED) is 0.699. The minimum Gasteiger partial charge on any atom is -0.137 e.